The van der Waals surface area contributed by atoms with Gasteiger partial charge >= 0.3 is 0 Å². The molecule has 4 rings (SSSR count). The van der Waals surface area contributed by atoms with E-state index in [1.165, 1.54) is 35.2 Å². The second-order valence-electron chi connectivity index (χ2n) is 6.94. The molecule has 0 spiro atoms. The van der Waals surface area contributed by atoms with Gasteiger partial charge in [0.05, 0.1) is 21.4 Å². The molecule has 0 unspecified atom stereocenters. The van der Waals surface area contributed by atoms with Gasteiger partial charge in [-0.15, -0.1) is 23.1 Å². The lowest BCUT2D eigenvalue weighted by molar-refractivity contribution is -0.113. The van der Waals surface area contributed by atoms with Crippen LogP contribution in [0.3, 0.4) is 0 Å². The van der Waals surface area contributed by atoms with Gasteiger partial charge in [-0.05, 0) is 54.6 Å². The van der Waals surface area contributed by atoms with Crippen molar-refractivity contribution in [3.63, 3.8) is 0 Å². The van der Waals surface area contributed by atoms with E-state index < -0.39 is 10.0 Å². The van der Waals surface area contributed by atoms with Crippen molar-refractivity contribution < 1.29 is 13.2 Å². The molecule has 0 aliphatic carbocycles. The molecule has 0 aliphatic heterocycles. The molecule has 0 radical (unpaired) electrons. The number of benzene rings is 3. The highest BCUT2D eigenvalue weighted by molar-refractivity contribution is 8.00. The largest absolute Gasteiger partial charge is 0.301 e. The molecule has 0 bridgehead atoms. The Morgan fingerprint density at radius 2 is 1.74 bits per heavy atom. The number of amides is 1. The zero-order chi connectivity index (χ0) is 24.1. The number of carbonyl (C=O) groups is 1. The van der Waals surface area contributed by atoms with Crippen LogP contribution in [0.2, 0.25) is 10.0 Å². The van der Waals surface area contributed by atoms with Gasteiger partial charge in [0.1, 0.15) is 0 Å². The van der Waals surface area contributed by atoms with Crippen molar-refractivity contribution in [3.8, 4) is 11.3 Å². The van der Waals surface area contributed by atoms with Crippen LogP contribution < -0.4 is 10.0 Å². The van der Waals surface area contributed by atoms with Crippen LogP contribution in [-0.4, -0.2) is 25.1 Å². The number of nitrogens with one attached hydrogen (secondary N) is 2. The number of halogens is 2. The van der Waals surface area contributed by atoms with Gasteiger partial charge in [0, 0.05) is 26.5 Å². The Labute approximate surface area is 215 Å². The van der Waals surface area contributed by atoms with E-state index in [1.807, 2.05) is 5.38 Å². The summed E-state index contributed by atoms with van der Waals surface area (Å²) < 4.78 is 27.4. The molecule has 0 aliphatic rings. The number of hydrogen-bond acceptors (Lipinski definition) is 6. The van der Waals surface area contributed by atoms with Crippen molar-refractivity contribution in [2.45, 2.75) is 9.79 Å². The number of hydrogen-bond donors (Lipinski definition) is 2. The number of thiazole rings is 1. The minimum Gasteiger partial charge on any atom is -0.301 e. The third-order valence-corrected chi connectivity index (χ3v) is 8.20. The zero-order valence-corrected chi connectivity index (χ0v) is 21.3. The topological polar surface area (TPSA) is 88.2 Å². The summed E-state index contributed by atoms with van der Waals surface area (Å²) in [5, 5.41) is 6.09. The summed E-state index contributed by atoms with van der Waals surface area (Å²) in [7, 11) is -3.65. The van der Waals surface area contributed by atoms with Gasteiger partial charge in [-0.1, -0.05) is 41.4 Å². The Kier molecular flexibility index (Phi) is 7.80. The summed E-state index contributed by atoms with van der Waals surface area (Å²) in [6, 6.07) is 20.1. The summed E-state index contributed by atoms with van der Waals surface area (Å²) in [5.41, 5.74) is 1.83. The first kappa shape index (κ1) is 24.6. The maximum absolute atomic E-state index is 12.4. The minimum atomic E-state index is -3.65. The standard InChI is InChI=1S/C23H17Cl2N3O3S3/c24-15-6-11-19(20(25)12-15)21-13-33-23(26-21)27-22(29)14-32-17-9-7-16(8-10-17)28-34(30,31)18-4-2-1-3-5-18/h1-13,28H,14H2,(H,26,27,29). The highest BCUT2D eigenvalue weighted by Gasteiger charge is 2.14. The van der Waals surface area contributed by atoms with Crippen LogP contribution in [0, 0.1) is 0 Å². The van der Waals surface area contributed by atoms with E-state index in [0.717, 1.165) is 10.5 Å². The Morgan fingerprint density at radius 1 is 1.00 bits per heavy atom. The number of aromatic nitrogens is 1. The average Bonchev–Trinajstić information content (AvgIpc) is 3.27. The molecule has 0 fully saturated rings. The number of carbonyl (C=O) groups excluding carboxylic acids is 1. The highest BCUT2D eigenvalue weighted by Crippen LogP contribution is 2.32. The van der Waals surface area contributed by atoms with Crippen LogP contribution in [0.5, 0.6) is 0 Å². The molecule has 0 atom stereocenters. The lowest BCUT2D eigenvalue weighted by atomic mass is 10.2. The first-order chi connectivity index (χ1) is 16.3. The lowest BCUT2D eigenvalue weighted by Crippen LogP contribution is -2.14. The fourth-order valence-electron chi connectivity index (χ4n) is 2.89. The van der Waals surface area contributed by atoms with Gasteiger partial charge < -0.3 is 5.32 Å². The second kappa shape index (κ2) is 10.8. The van der Waals surface area contributed by atoms with E-state index in [0.29, 0.717) is 26.6 Å². The molecule has 0 saturated heterocycles. The molecule has 4 aromatic rings. The molecule has 2 N–H and O–H groups in total. The summed E-state index contributed by atoms with van der Waals surface area (Å²) in [6.45, 7) is 0. The van der Waals surface area contributed by atoms with Crippen molar-refractivity contribution in [1.29, 1.82) is 0 Å². The quantitative estimate of drug-likeness (QED) is 0.240. The van der Waals surface area contributed by atoms with E-state index in [9.17, 15) is 13.2 Å². The van der Waals surface area contributed by atoms with Gasteiger partial charge in [-0.25, -0.2) is 13.4 Å². The van der Waals surface area contributed by atoms with Crippen molar-refractivity contribution in [2.24, 2.45) is 0 Å². The summed E-state index contributed by atoms with van der Waals surface area (Å²) in [4.78, 5) is 17.8. The van der Waals surface area contributed by atoms with E-state index in [2.05, 4.69) is 15.0 Å². The van der Waals surface area contributed by atoms with E-state index in [-0.39, 0.29) is 16.6 Å². The maximum atomic E-state index is 12.4. The van der Waals surface area contributed by atoms with Crippen LogP contribution in [0.15, 0.2) is 88.0 Å². The molecule has 3 aromatic carbocycles. The minimum absolute atomic E-state index is 0.172. The van der Waals surface area contributed by atoms with Crippen LogP contribution in [0.4, 0.5) is 10.8 Å². The Hall–Kier alpha value is -2.56. The molecule has 1 amide bonds. The molecule has 174 valence electrons. The van der Waals surface area contributed by atoms with Crippen LogP contribution in [0.25, 0.3) is 11.3 Å². The van der Waals surface area contributed by atoms with Crippen molar-refractivity contribution in [2.75, 3.05) is 15.8 Å². The predicted molar refractivity (Wildman–Crippen MR) is 141 cm³/mol. The fourth-order valence-corrected chi connectivity index (χ4v) is 5.90. The van der Waals surface area contributed by atoms with Gasteiger partial charge in [-0.2, -0.15) is 0 Å². The van der Waals surface area contributed by atoms with E-state index >= 15 is 0 Å². The molecular formula is C23H17Cl2N3O3S3. The normalized spacial score (nSPS) is 11.2. The summed E-state index contributed by atoms with van der Waals surface area (Å²) in [5.74, 6) is -0.0342. The zero-order valence-electron chi connectivity index (χ0n) is 17.4. The number of nitrogens with zero attached hydrogens (tertiary/aromatic N) is 1. The average molecular weight is 551 g/mol. The van der Waals surface area contributed by atoms with Crippen molar-refractivity contribution in [1.82, 2.24) is 4.98 Å². The maximum Gasteiger partial charge on any atom is 0.261 e. The molecule has 1 aromatic heterocycles. The number of anilines is 2. The lowest BCUT2D eigenvalue weighted by Gasteiger charge is -2.09. The molecule has 6 nitrogen and oxygen atoms in total. The second-order valence-corrected chi connectivity index (χ2v) is 11.4. The first-order valence-corrected chi connectivity index (χ1v) is 13.9. The third-order valence-electron chi connectivity index (χ3n) is 4.49. The van der Waals surface area contributed by atoms with Crippen LogP contribution >= 0.6 is 46.3 Å². The Balaban J connectivity index is 1.31. The smallest absolute Gasteiger partial charge is 0.261 e. The van der Waals surface area contributed by atoms with Gasteiger partial charge in [-0.3, -0.25) is 9.52 Å². The van der Waals surface area contributed by atoms with Crippen LogP contribution in [-0.2, 0) is 14.8 Å². The van der Waals surface area contributed by atoms with Crippen molar-refractivity contribution >= 4 is 73.0 Å². The van der Waals surface area contributed by atoms with Gasteiger partial charge in [0.25, 0.3) is 10.0 Å². The molecule has 1 heterocycles. The number of sulfonamides is 1. The molecule has 11 heteroatoms. The third kappa shape index (κ3) is 6.31. The highest BCUT2D eigenvalue weighted by atomic mass is 35.5. The van der Waals surface area contributed by atoms with Crippen LogP contribution in [0.1, 0.15) is 0 Å². The molecular weight excluding hydrogens is 533 g/mol. The Morgan fingerprint density at radius 3 is 2.44 bits per heavy atom. The van der Waals surface area contributed by atoms with Crippen molar-refractivity contribution in [3.05, 3.63) is 88.2 Å². The monoisotopic (exact) mass is 549 g/mol. The molecule has 34 heavy (non-hydrogen) atoms. The fraction of sp³-hybridized carbons (Fsp3) is 0.0435. The predicted octanol–water partition coefficient (Wildman–Crippen LogP) is 6.65. The Bertz CT molecular complexity index is 1410. The number of rotatable bonds is 8. The first-order valence-electron chi connectivity index (χ1n) is 9.82. The molecule has 0 saturated carbocycles. The summed E-state index contributed by atoms with van der Waals surface area (Å²) in [6.07, 6.45) is 0. The van der Waals surface area contributed by atoms with E-state index in [4.69, 9.17) is 23.2 Å². The number of thioether (sulfide) groups is 1. The van der Waals surface area contributed by atoms with Gasteiger partial charge in [0.2, 0.25) is 5.91 Å². The van der Waals surface area contributed by atoms with E-state index in [1.54, 1.807) is 60.7 Å². The van der Waals surface area contributed by atoms with Gasteiger partial charge in [0.15, 0.2) is 5.13 Å². The summed E-state index contributed by atoms with van der Waals surface area (Å²) >= 11 is 14.8. The SMILES string of the molecule is O=C(CSc1ccc(NS(=O)(=O)c2ccccc2)cc1)Nc1nc(-c2ccc(Cl)cc2Cl)cs1.